The number of anilines is 1. The molecule has 2 aliphatic rings. The summed E-state index contributed by atoms with van der Waals surface area (Å²) in [6.07, 6.45) is 7.12. The fourth-order valence-electron chi connectivity index (χ4n) is 4.28. The van der Waals surface area contributed by atoms with Crippen molar-refractivity contribution in [3.8, 4) is 0 Å². The van der Waals surface area contributed by atoms with Crippen molar-refractivity contribution < 1.29 is 9.53 Å². The first-order chi connectivity index (χ1) is 14.0. The van der Waals surface area contributed by atoms with Crippen LogP contribution in [0.2, 0.25) is 5.02 Å². The third-order valence-corrected chi connectivity index (χ3v) is 7.03. The summed E-state index contributed by atoms with van der Waals surface area (Å²) < 4.78 is 6.56. The Morgan fingerprint density at radius 2 is 1.97 bits per heavy atom. The van der Waals surface area contributed by atoms with Crippen LogP contribution < -0.4 is 10.6 Å². The molecule has 158 valence electrons. The van der Waals surface area contributed by atoms with Crippen molar-refractivity contribution in [3.05, 3.63) is 32.1 Å². The van der Waals surface area contributed by atoms with Crippen LogP contribution in [0.25, 0.3) is 4.85 Å². The molecule has 1 aliphatic carbocycles. The van der Waals surface area contributed by atoms with Crippen molar-refractivity contribution in [2.75, 3.05) is 25.0 Å². The standard InChI is InChI=1S/C21H28ClIN4O2/c1-3-29-16-6-4-15(5-7-16)27-10-8-14(9-11-27)25-21(28)26-20-12-17(22)19(24-2)13-18(20)23/h12-16H,3-11H2,1H3,(H2,25,26,28)/t15-,16-. The number of rotatable bonds is 5. The van der Waals surface area contributed by atoms with Gasteiger partial charge in [-0.1, -0.05) is 11.6 Å². The number of urea groups is 1. The van der Waals surface area contributed by atoms with Crippen LogP contribution in [0.5, 0.6) is 0 Å². The first-order valence-corrected chi connectivity index (χ1v) is 11.8. The van der Waals surface area contributed by atoms with Gasteiger partial charge in [-0.2, -0.15) is 0 Å². The zero-order chi connectivity index (χ0) is 20.8. The molecule has 6 nitrogen and oxygen atoms in total. The minimum absolute atomic E-state index is 0.182. The van der Waals surface area contributed by atoms with Crippen molar-refractivity contribution in [2.24, 2.45) is 0 Å². The number of ether oxygens (including phenoxy) is 1. The van der Waals surface area contributed by atoms with Gasteiger partial charge in [0.25, 0.3) is 0 Å². The summed E-state index contributed by atoms with van der Waals surface area (Å²) in [4.78, 5) is 18.4. The van der Waals surface area contributed by atoms with Gasteiger partial charge in [-0.25, -0.2) is 9.64 Å². The summed E-state index contributed by atoms with van der Waals surface area (Å²) in [5.74, 6) is 0. The number of benzene rings is 1. The van der Waals surface area contributed by atoms with E-state index in [-0.39, 0.29) is 12.1 Å². The highest BCUT2D eigenvalue weighted by Gasteiger charge is 2.29. The molecule has 3 rings (SSSR count). The first-order valence-electron chi connectivity index (χ1n) is 10.3. The van der Waals surface area contributed by atoms with E-state index >= 15 is 0 Å². The van der Waals surface area contributed by atoms with Crippen LogP contribution >= 0.6 is 34.2 Å². The zero-order valence-corrected chi connectivity index (χ0v) is 19.6. The van der Waals surface area contributed by atoms with E-state index in [0.29, 0.717) is 28.5 Å². The average molecular weight is 531 g/mol. The van der Waals surface area contributed by atoms with Crippen molar-refractivity contribution in [1.82, 2.24) is 10.2 Å². The van der Waals surface area contributed by atoms with Gasteiger partial charge in [-0.3, -0.25) is 0 Å². The lowest BCUT2D eigenvalue weighted by Crippen LogP contribution is -2.49. The Bertz CT molecular complexity index is 754. The molecule has 1 heterocycles. The maximum atomic E-state index is 12.4. The molecule has 1 aromatic carbocycles. The fourth-order valence-corrected chi connectivity index (χ4v) is 5.07. The van der Waals surface area contributed by atoms with Crippen LogP contribution in [-0.2, 0) is 4.74 Å². The number of carbonyl (C=O) groups excluding carboxylic acids is 1. The molecule has 1 saturated carbocycles. The molecule has 0 atom stereocenters. The predicted molar refractivity (Wildman–Crippen MR) is 125 cm³/mol. The van der Waals surface area contributed by atoms with Crippen molar-refractivity contribution in [3.63, 3.8) is 0 Å². The number of carbonyl (C=O) groups is 1. The highest BCUT2D eigenvalue weighted by Crippen LogP contribution is 2.32. The number of likely N-dealkylation sites (tertiary alicyclic amines) is 1. The molecule has 0 unspecified atom stereocenters. The van der Waals surface area contributed by atoms with Gasteiger partial charge in [-0.15, -0.1) is 0 Å². The molecule has 0 spiro atoms. The Labute approximate surface area is 191 Å². The maximum Gasteiger partial charge on any atom is 0.319 e. The smallest absolute Gasteiger partial charge is 0.319 e. The number of amides is 2. The molecule has 2 N–H and O–H groups in total. The highest BCUT2D eigenvalue weighted by atomic mass is 127. The molecular formula is C21H28ClIN4O2. The van der Waals surface area contributed by atoms with Gasteiger partial charge in [-0.05, 0) is 80.2 Å². The quantitative estimate of drug-likeness (QED) is 0.394. The Kier molecular flexibility index (Phi) is 8.42. The lowest BCUT2D eigenvalue weighted by Gasteiger charge is -2.40. The average Bonchev–Trinajstić information content (AvgIpc) is 2.72. The summed E-state index contributed by atoms with van der Waals surface area (Å²) in [6, 6.07) is 3.94. The van der Waals surface area contributed by atoms with E-state index < -0.39 is 0 Å². The zero-order valence-electron chi connectivity index (χ0n) is 16.7. The Morgan fingerprint density at radius 1 is 1.28 bits per heavy atom. The number of nitrogens with one attached hydrogen (secondary N) is 2. The molecule has 29 heavy (non-hydrogen) atoms. The summed E-state index contributed by atoms with van der Waals surface area (Å²) >= 11 is 8.19. The van der Waals surface area contributed by atoms with E-state index in [4.69, 9.17) is 22.9 Å². The summed E-state index contributed by atoms with van der Waals surface area (Å²) in [5, 5.41) is 6.31. The van der Waals surface area contributed by atoms with E-state index in [1.807, 2.05) is 0 Å². The second kappa shape index (κ2) is 10.8. The fraction of sp³-hybridized carbons (Fsp3) is 0.619. The summed E-state index contributed by atoms with van der Waals surface area (Å²) in [7, 11) is 0. The number of halogens is 2. The van der Waals surface area contributed by atoms with Gasteiger partial charge in [0, 0.05) is 40.4 Å². The number of piperidine rings is 1. The summed E-state index contributed by atoms with van der Waals surface area (Å²) in [5.41, 5.74) is 1.02. The lowest BCUT2D eigenvalue weighted by molar-refractivity contribution is 0.00911. The molecule has 0 radical (unpaired) electrons. The van der Waals surface area contributed by atoms with E-state index in [1.165, 1.54) is 12.8 Å². The Morgan fingerprint density at radius 3 is 2.59 bits per heavy atom. The number of hydrogen-bond acceptors (Lipinski definition) is 3. The third-order valence-electron chi connectivity index (χ3n) is 5.83. The van der Waals surface area contributed by atoms with E-state index in [1.54, 1.807) is 12.1 Å². The minimum Gasteiger partial charge on any atom is -0.379 e. The van der Waals surface area contributed by atoms with E-state index in [9.17, 15) is 4.79 Å². The van der Waals surface area contributed by atoms with Crippen molar-refractivity contribution in [1.29, 1.82) is 0 Å². The van der Waals surface area contributed by atoms with Gasteiger partial charge in [0.1, 0.15) is 0 Å². The third kappa shape index (κ3) is 6.20. The molecule has 8 heteroatoms. The molecule has 2 amide bonds. The SMILES string of the molecule is [C-]#[N+]c1cc(I)c(NC(=O)NC2CCN([C@H]3CC[C@H](OCC)CC3)CC2)cc1Cl. The minimum atomic E-state index is -0.217. The molecule has 2 fully saturated rings. The van der Waals surface area contributed by atoms with E-state index in [2.05, 4.69) is 49.9 Å². The molecule has 0 bridgehead atoms. The van der Waals surface area contributed by atoms with Crippen LogP contribution in [0.1, 0.15) is 45.4 Å². The van der Waals surface area contributed by atoms with E-state index in [0.717, 1.165) is 48.9 Å². The maximum absolute atomic E-state index is 12.4. The van der Waals surface area contributed by atoms with Crippen LogP contribution in [0.4, 0.5) is 16.2 Å². The van der Waals surface area contributed by atoms with Crippen molar-refractivity contribution in [2.45, 2.75) is 63.6 Å². The van der Waals surface area contributed by atoms with Gasteiger partial charge in [0.2, 0.25) is 5.69 Å². The van der Waals surface area contributed by atoms with Crippen LogP contribution in [-0.4, -0.2) is 48.8 Å². The topological polar surface area (TPSA) is 58.0 Å². The first kappa shape index (κ1) is 22.6. The number of nitrogens with zero attached hydrogens (tertiary/aromatic N) is 2. The largest absolute Gasteiger partial charge is 0.379 e. The predicted octanol–water partition coefficient (Wildman–Crippen LogP) is 5.43. The van der Waals surface area contributed by atoms with Gasteiger partial charge in [0.05, 0.1) is 18.4 Å². The van der Waals surface area contributed by atoms with Gasteiger partial charge >= 0.3 is 6.03 Å². The lowest BCUT2D eigenvalue weighted by atomic mass is 9.90. The van der Waals surface area contributed by atoms with Gasteiger partial charge in [0.15, 0.2) is 0 Å². The van der Waals surface area contributed by atoms with Crippen LogP contribution in [0.15, 0.2) is 12.1 Å². The molecule has 1 aliphatic heterocycles. The van der Waals surface area contributed by atoms with Crippen molar-refractivity contribution >= 4 is 51.6 Å². The van der Waals surface area contributed by atoms with Gasteiger partial charge < -0.3 is 20.3 Å². The second-order valence-corrected chi connectivity index (χ2v) is 9.26. The molecule has 1 saturated heterocycles. The van der Waals surface area contributed by atoms with Crippen LogP contribution in [0.3, 0.4) is 0 Å². The molecule has 0 aromatic heterocycles. The Balaban J connectivity index is 1.43. The second-order valence-electron chi connectivity index (χ2n) is 7.69. The monoisotopic (exact) mass is 530 g/mol. The Hall–Kier alpha value is -1.08. The molecular weight excluding hydrogens is 503 g/mol. The summed E-state index contributed by atoms with van der Waals surface area (Å²) in [6.45, 7) is 12.0. The molecule has 1 aromatic rings. The normalized spacial score (nSPS) is 23.4. The highest BCUT2D eigenvalue weighted by molar-refractivity contribution is 14.1. The number of hydrogen-bond donors (Lipinski definition) is 2. The van der Waals surface area contributed by atoms with Crippen LogP contribution in [0, 0.1) is 10.1 Å².